The lowest BCUT2D eigenvalue weighted by molar-refractivity contribution is -0.158. The molecule has 0 N–H and O–H groups in total. The Morgan fingerprint density at radius 3 is 2.52 bits per heavy atom. The van der Waals surface area contributed by atoms with Crippen molar-refractivity contribution >= 4 is 11.8 Å². The Balaban J connectivity index is 2.68. The standard InChI is InChI=1S/C16H24N2O3/c1-5-18(11-13-9-7-8-10-17-13)12-14(19)16(3,4)15(20)21-6-2/h7-10H,5-6,11-12H2,1-4H3. The van der Waals surface area contributed by atoms with Gasteiger partial charge in [-0.25, -0.2) is 0 Å². The normalized spacial score (nSPS) is 11.5. The van der Waals surface area contributed by atoms with Crippen LogP contribution in [0.2, 0.25) is 0 Å². The van der Waals surface area contributed by atoms with E-state index in [9.17, 15) is 9.59 Å². The van der Waals surface area contributed by atoms with Crippen LogP contribution in [0.25, 0.3) is 0 Å². The summed E-state index contributed by atoms with van der Waals surface area (Å²) >= 11 is 0. The SMILES string of the molecule is CCOC(=O)C(C)(C)C(=O)CN(CC)Cc1ccccn1. The van der Waals surface area contributed by atoms with Crippen LogP contribution in [-0.2, 0) is 20.9 Å². The van der Waals surface area contributed by atoms with Gasteiger partial charge in [-0.1, -0.05) is 13.0 Å². The molecule has 0 radical (unpaired) electrons. The summed E-state index contributed by atoms with van der Waals surface area (Å²) in [7, 11) is 0. The van der Waals surface area contributed by atoms with E-state index >= 15 is 0 Å². The van der Waals surface area contributed by atoms with Crippen LogP contribution >= 0.6 is 0 Å². The number of hydrogen-bond acceptors (Lipinski definition) is 5. The number of ether oxygens (including phenoxy) is 1. The fourth-order valence-corrected chi connectivity index (χ4v) is 1.83. The third kappa shape index (κ3) is 4.93. The maximum absolute atomic E-state index is 12.4. The molecular formula is C16H24N2O3. The number of carbonyl (C=O) groups is 2. The molecule has 0 aliphatic carbocycles. The predicted octanol–water partition coefficient (Wildman–Crippen LogP) is 2.06. The van der Waals surface area contributed by atoms with Crippen molar-refractivity contribution in [2.45, 2.75) is 34.2 Å². The minimum Gasteiger partial charge on any atom is -0.465 e. The van der Waals surface area contributed by atoms with Crippen molar-refractivity contribution in [2.75, 3.05) is 19.7 Å². The Morgan fingerprint density at radius 2 is 2.00 bits per heavy atom. The highest BCUT2D eigenvalue weighted by molar-refractivity contribution is 6.03. The summed E-state index contributed by atoms with van der Waals surface area (Å²) in [6.45, 7) is 8.72. The second-order valence-electron chi connectivity index (χ2n) is 5.39. The van der Waals surface area contributed by atoms with Gasteiger partial charge in [0.1, 0.15) is 5.41 Å². The van der Waals surface area contributed by atoms with Gasteiger partial charge in [-0.05, 0) is 39.4 Å². The zero-order valence-electron chi connectivity index (χ0n) is 13.3. The van der Waals surface area contributed by atoms with Crippen LogP contribution in [0.1, 0.15) is 33.4 Å². The van der Waals surface area contributed by atoms with Gasteiger partial charge in [0, 0.05) is 12.7 Å². The Hall–Kier alpha value is -1.75. The van der Waals surface area contributed by atoms with Crippen molar-refractivity contribution < 1.29 is 14.3 Å². The summed E-state index contributed by atoms with van der Waals surface area (Å²) in [5.41, 5.74) is -0.214. The van der Waals surface area contributed by atoms with Gasteiger partial charge in [-0.2, -0.15) is 0 Å². The molecule has 0 aliphatic heterocycles. The molecule has 21 heavy (non-hydrogen) atoms. The molecule has 0 saturated heterocycles. The first-order chi connectivity index (χ1) is 9.91. The van der Waals surface area contributed by atoms with Gasteiger partial charge >= 0.3 is 5.97 Å². The van der Waals surface area contributed by atoms with Crippen LogP contribution in [0.5, 0.6) is 0 Å². The first-order valence-electron chi connectivity index (χ1n) is 7.24. The lowest BCUT2D eigenvalue weighted by atomic mass is 9.88. The number of Topliss-reactive ketones (excluding diaryl/α,β-unsaturated/α-hetero) is 1. The molecule has 1 rings (SSSR count). The minimum atomic E-state index is -1.12. The van der Waals surface area contributed by atoms with E-state index in [1.54, 1.807) is 27.0 Å². The topological polar surface area (TPSA) is 59.5 Å². The number of ketones is 1. The third-order valence-corrected chi connectivity index (χ3v) is 3.41. The molecule has 0 unspecified atom stereocenters. The molecule has 0 spiro atoms. The summed E-state index contributed by atoms with van der Waals surface area (Å²) in [4.78, 5) is 30.5. The van der Waals surface area contributed by atoms with E-state index in [4.69, 9.17) is 4.74 Å². The van der Waals surface area contributed by atoms with Gasteiger partial charge in [0.15, 0.2) is 5.78 Å². The Labute approximate surface area is 126 Å². The first kappa shape index (κ1) is 17.3. The second kappa shape index (κ2) is 7.88. The molecule has 0 bridgehead atoms. The highest BCUT2D eigenvalue weighted by atomic mass is 16.5. The summed E-state index contributed by atoms with van der Waals surface area (Å²) in [5.74, 6) is -0.609. The van der Waals surface area contributed by atoms with Crippen LogP contribution < -0.4 is 0 Å². The van der Waals surface area contributed by atoms with Gasteiger partial charge in [-0.3, -0.25) is 19.5 Å². The lowest BCUT2D eigenvalue weighted by Gasteiger charge is -2.25. The third-order valence-electron chi connectivity index (χ3n) is 3.41. The van der Waals surface area contributed by atoms with Gasteiger partial charge in [0.25, 0.3) is 0 Å². The Morgan fingerprint density at radius 1 is 1.29 bits per heavy atom. The lowest BCUT2D eigenvalue weighted by Crippen LogP contribution is -2.42. The van der Waals surface area contributed by atoms with Crippen molar-refractivity contribution in [2.24, 2.45) is 5.41 Å². The van der Waals surface area contributed by atoms with Gasteiger partial charge in [0.2, 0.25) is 0 Å². The number of rotatable bonds is 8. The number of likely N-dealkylation sites (N-methyl/N-ethyl adjacent to an activating group) is 1. The van der Waals surface area contributed by atoms with Crippen molar-refractivity contribution in [3.05, 3.63) is 30.1 Å². The molecule has 116 valence electrons. The second-order valence-corrected chi connectivity index (χ2v) is 5.39. The molecule has 0 amide bonds. The van der Waals surface area contributed by atoms with E-state index in [0.717, 1.165) is 5.69 Å². The molecule has 0 atom stereocenters. The van der Waals surface area contributed by atoms with Crippen LogP contribution in [0, 0.1) is 5.41 Å². The fraction of sp³-hybridized carbons (Fsp3) is 0.562. The van der Waals surface area contributed by atoms with Crippen LogP contribution in [0.3, 0.4) is 0 Å². The summed E-state index contributed by atoms with van der Waals surface area (Å²) in [5, 5.41) is 0. The number of aromatic nitrogens is 1. The van der Waals surface area contributed by atoms with Gasteiger partial charge in [0.05, 0.1) is 18.8 Å². The Kier molecular flexibility index (Phi) is 6.49. The van der Waals surface area contributed by atoms with E-state index in [0.29, 0.717) is 13.1 Å². The molecule has 0 fully saturated rings. The Bertz CT molecular complexity index is 472. The van der Waals surface area contributed by atoms with Crippen LogP contribution in [0.4, 0.5) is 0 Å². The average molecular weight is 292 g/mol. The first-order valence-corrected chi connectivity index (χ1v) is 7.24. The molecule has 0 aliphatic rings. The highest BCUT2D eigenvalue weighted by Gasteiger charge is 2.37. The highest BCUT2D eigenvalue weighted by Crippen LogP contribution is 2.20. The number of nitrogens with zero attached hydrogens (tertiary/aromatic N) is 2. The molecule has 1 heterocycles. The van der Waals surface area contributed by atoms with Crippen molar-refractivity contribution in [3.8, 4) is 0 Å². The molecule has 1 aromatic heterocycles. The predicted molar refractivity (Wildman–Crippen MR) is 80.6 cm³/mol. The van der Waals surface area contributed by atoms with Crippen LogP contribution in [-0.4, -0.2) is 41.3 Å². The number of esters is 1. The molecule has 5 heteroatoms. The smallest absolute Gasteiger partial charge is 0.319 e. The molecule has 5 nitrogen and oxygen atoms in total. The zero-order chi connectivity index (χ0) is 15.9. The quantitative estimate of drug-likeness (QED) is 0.542. The van der Waals surface area contributed by atoms with Crippen molar-refractivity contribution in [1.82, 2.24) is 9.88 Å². The van der Waals surface area contributed by atoms with E-state index in [2.05, 4.69) is 4.98 Å². The molecule has 1 aromatic rings. The van der Waals surface area contributed by atoms with Gasteiger partial charge in [-0.15, -0.1) is 0 Å². The van der Waals surface area contributed by atoms with E-state index in [1.165, 1.54) is 0 Å². The average Bonchev–Trinajstić information content (AvgIpc) is 2.47. The van der Waals surface area contributed by atoms with Crippen molar-refractivity contribution in [3.63, 3.8) is 0 Å². The van der Waals surface area contributed by atoms with Crippen LogP contribution in [0.15, 0.2) is 24.4 Å². The van der Waals surface area contributed by atoms with Gasteiger partial charge < -0.3 is 4.74 Å². The summed E-state index contributed by atoms with van der Waals surface area (Å²) in [6, 6.07) is 5.69. The van der Waals surface area contributed by atoms with E-state index < -0.39 is 11.4 Å². The fourth-order valence-electron chi connectivity index (χ4n) is 1.83. The number of carbonyl (C=O) groups excluding carboxylic acids is 2. The van der Waals surface area contributed by atoms with Crippen molar-refractivity contribution in [1.29, 1.82) is 0 Å². The maximum Gasteiger partial charge on any atom is 0.319 e. The number of pyridine rings is 1. The molecule has 0 aromatic carbocycles. The van der Waals surface area contributed by atoms with E-state index in [1.807, 2.05) is 30.0 Å². The maximum atomic E-state index is 12.4. The monoisotopic (exact) mass is 292 g/mol. The van der Waals surface area contributed by atoms with E-state index in [-0.39, 0.29) is 18.9 Å². The number of hydrogen-bond donors (Lipinski definition) is 0. The molecular weight excluding hydrogens is 268 g/mol. The minimum absolute atomic E-state index is 0.140. The largest absolute Gasteiger partial charge is 0.465 e. The summed E-state index contributed by atoms with van der Waals surface area (Å²) in [6.07, 6.45) is 1.73. The zero-order valence-corrected chi connectivity index (χ0v) is 13.3. The summed E-state index contributed by atoms with van der Waals surface area (Å²) < 4.78 is 4.97. The molecule has 0 saturated carbocycles.